The number of hydrogen-bond donors (Lipinski definition) is 1. The van der Waals surface area contributed by atoms with Gasteiger partial charge >= 0.3 is 0 Å². The zero-order valence-electron chi connectivity index (χ0n) is 5.41. The third-order valence-corrected chi connectivity index (χ3v) is 1.45. The largest absolute Gasteiger partial charge is 0.369 e. The van der Waals surface area contributed by atoms with Crippen molar-refractivity contribution in [2.75, 3.05) is 6.54 Å². The van der Waals surface area contributed by atoms with Gasteiger partial charge in [-0.3, -0.25) is 14.6 Å². The molecule has 1 rings (SSSR count). The molecule has 1 atom stereocenters. The quantitative estimate of drug-likeness (QED) is 0.481. The second kappa shape index (κ2) is 2.60. The smallest absolute Gasteiger partial charge is 0.228 e. The highest BCUT2D eigenvalue weighted by molar-refractivity contribution is 6.33. The van der Waals surface area contributed by atoms with Gasteiger partial charge < -0.3 is 5.73 Å². The maximum atomic E-state index is 10.8. The predicted octanol–water partition coefficient (Wildman–Crippen LogP) is -0.869. The lowest BCUT2D eigenvalue weighted by Gasteiger charge is -2.10. The SMILES string of the molecule is NC(=O)C1CCN=CC1=O. The molecule has 0 saturated carbocycles. The van der Waals surface area contributed by atoms with Crippen molar-refractivity contribution < 1.29 is 9.59 Å². The average Bonchev–Trinajstić information content (AvgIpc) is 1.88. The molecule has 0 spiro atoms. The molecule has 0 radical (unpaired) electrons. The number of nitrogens with zero attached hydrogens (tertiary/aromatic N) is 1. The molecule has 1 heterocycles. The number of amides is 1. The third kappa shape index (κ3) is 1.21. The molecular formula is C6H8N2O2. The standard InChI is InChI=1S/C6H8N2O2/c7-6(10)4-1-2-8-3-5(4)9/h3-4H,1-2H2,(H2,7,10). The molecule has 2 N–H and O–H groups in total. The molecule has 1 aliphatic heterocycles. The van der Waals surface area contributed by atoms with Crippen LogP contribution in [0.25, 0.3) is 0 Å². The number of ketones is 1. The number of primary amides is 1. The molecule has 54 valence electrons. The van der Waals surface area contributed by atoms with E-state index in [-0.39, 0.29) is 5.78 Å². The fraction of sp³-hybridized carbons (Fsp3) is 0.500. The Balaban J connectivity index is 2.70. The summed E-state index contributed by atoms with van der Waals surface area (Å²) in [5.41, 5.74) is 4.94. The number of hydrogen-bond acceptors (Lipinski definition) is 3. The second-order valence-corrected chi connectivity index (χ2v) is 2.18. The predicted molar refractivity (Wildman–Crippen MR) is 35.7 cm³/mol. The van der Waals surface area contributed by atoms with Crippen molar-refractivity contribution >= 4 is 17.9 Å². The first-order chi connectivity index (χ1) is 4.72. The van der Waals surface area contributed by atoms with E-state index in [9.17, 15) is 9.59 Å². The average molecular weight is 140 g/mol. The number of carbonyl (C=O) groups excluding carboxylic acids is 2. The van der Waals surface area contributed by atoms with E-state index < -0.39 is 11.8 Å². The van der Waals surface area contributed by atoms with Crippen molar-refractivity contribution in [2.45, 2.75) is 6.42 Å². The van der Waals surface area contributed by atoms with Crippen LogP contribution in [-0.2, 0) is 9.59 Å². The molecule has 0 saturated heterocycles. The normalized spacial score (nSPS) is 24.8. The van der Waals surface area contributed by atoms with Crippen molar-refractivity contribution in [3.05, 3.63) is 0 Å². The monoisotopic (exact) mass is 140 g/mol. The first-order valence-corrected chi connectivity index (χ1v) is 3.05. The number of rotatable bonds is 1. The van der Waals surface area contributed by atoms with Crippen molar-refractivity contribution in [3.63, 3.8) is 0 Å². The van der Waals surface area contributed by atoms with Crippen LogP contribution in [0.5, 0.6) is 0 Å². The summed E-state index contributed by atoms with van der Waals surface area (Å²) in [4.78, 5) is 25.0. The Morgan fingerprint density at radius 3 is 2.90 bits per heavy atom. The fourth-order valence-corrected chi connectivity index (χ4v) is 0.873. The molecule has 1 unspecified atom stereocenters. The zero-order chi connectivity index (χ0) is 7.56. The van der Waals surface area contributed by atoms with Gasteiger partial charge in [-0.15, -0.1) is 0 Å². The first kappa shape index (κ1) is 6.92. The van der Waals surface area contributed by atoms with Crippen molar-refractivity contribution in [1.82, 2.24) is 0 Å². The molecule has 0 aromatic rings. The van der Waals surface area contributed by atoms with Gasteiger partial charge in [-0.25, -0.2) is 0 Å². The summed E-state index contributed by atoms with van der Waals surface area (Å²) in [6.45, 7) is 0.527. The Hall–Kier alpha value is -1.19. The Morgan fingerprint density at radius 1 is 1.80 bits per heavy atom. The Kier molecular flexibility index (Phi) is 1.80. The second-order valence-electron chi connectivity index (χ2n) is 2.18. The van der Waals surface area contributed by atoms with Crippen LogP contribution < -0.4 is 5.73 Å². The highest BCUT2D eigenvalue weighted by Crippen LogP contribution is 2.06. The Morgan fingerprint density at radius 2 is 2.50 bits per heavy atom. The number of nitrogens with two attached hydrogens (primary N) is 1. The number of aliphatic imine (C=N–C) groups is 1. The highest BCUT2D eigenvalue weighted by Gasteiger charge is 2.24. The molecule has 1 amide bonds. The van der Waals surface area contributed by atoms with Crippen LogP contribution in [0, 0.1) is 5.92 Å². The highest BCUT2D eigenvalue weighted by atomic mass is 16.2. The molecule has 0 fully saturated rings. The summed E-state index contributed by atoms with van der Waals surface area (Å²) < 4.78 is 0. The van der Waals surface area contributed by atoms with Gasteiger partial charge in [0.1, 0.15) is 5.92 Å². The zero-order valence-corrected chi connectivity index (χ0v) is 5.41. The molecule has 10 heavy (non-hydrogen) atoms. The van der Waals surface area contributed by atoms with E-state index in [0.717, 1.165) is 0 Å². The Labute approximate surface area is 58.1 Å². The summed E-state index contributed by atoms with van der Waals surface area (Å²) in [5, 5.41) is 0. The molecule has 4 nitrogen and oxygen atoms in total. The van der Waals surface area contributed by atoms with E-state index in [4.69, 9.17) is 5.73 Å². The summed E-state index contributed by atoms with van der Waals surface area (Å²) in [6.07, 6.45) is 1.64. The topological polar surface area (TPSA) is 72.5 Å². The van der Waals surface area contributed by atoms with Gasteiger partial charge in [-0.05, 0) is 6.42 Å². The summed E-state index contributed by atoms with van der Waals surface area (Å²) in [7, 11) is 0. The van der Waals surface area contributed by atoms with Crippen LogP contribution in [0.3, 0.4) is 0 Å². The minimum atomic E-state index is -0.627. The lowest BCUT2D eigenvalue weighted by molar-refractivity contribution is -0.129. The van der Waals surface area contributed by atoms with E-state index >= 15 is 0 Å². The molecule has 4 heteroatoms. The van der Waals surface area contributed by atoms with Crippen LogP contribution in [0.15, 0.2) is 4.99 Å². The van der Waals surface area contributed by atoms with Gasteiger partial charge in [0.05, 0.1) is 6.21 Å². The van der Waals surface area contributed by atoms with E-state index in [0.29, 0.717) is 13.0 Å². The van der Waals surface area contributed by atoms with Gasteiger partial charge in [-0.2, -0.15) is 0 Å². The van der Waals surface area contributed by atoms with Crippen LogP contribution in [0.2, 0.25) is 0 Å². The van der Waals surface area contributed by atoms with Crippen molar-refractivity contribution in [1.29, 1.82) is 0 Å². The Bertz CT molecular complexity index is 198. The van der Waals surface area contributed by atoms with E-state index in [2.05, 4.69) is 4.99 Å². The minimum absolute atomic E-state index is 0.265. The van der Waals surface area contributed by atoms with E-state index in [1.807, 2.05) is 0 Å². The van der Waals surface area contributed by atoms with Crippen LogP contribution >= 0.6 is 0 Å². The molecule has 1 aliphatic rings. The van der Waals surface area contributed by atoms with Gasteiger partial charge in [0.2, 0.25) is 5.91 Å². The summed E-state index contributed by atoms with van der Waals surface area (Å²) >= 11 is 0. The minimum Gasteiger partial charge on any atom is -0.369 e. The lowest BCUT2D eigenvalue weighted by atomic mass is 9.98. The molecule has 0 aromatic heterocycles. The lowest BCUT2D eigenvalue weighted by Crippen LogP contribution is -2.33. The first-order valence-electron chi connectivity index (χ1n) is 3.05. The molecule has 0 aromatic carbocycles. The summed E-state index contributed by atoms with van der Waals surface area (Å²) in [5.74, 6) is -1.44. The number of carbonyl (C=O) groups is 2. The molecular weight excluding hydrogens is 132 g/mol. The summed E-state index contributed by atoms with van der Waals surface area (Å²) in [6, 6.07) is 0. The number of Topliss-reactive ketones (excluding diaryl/α,β-unsaturated/α-hetero) is 1. The van der Waals surface area contributed by atoms with Crippen molar-refractivity contribution in [3.8, 4) is 0 Å². The maximum absolute atomic E-state index is 10.8. The van der Waals surface area contributed by atoms with Crippen LogP contribution in [-0.4, -0.2) is 24.4 Å². The van der Waals surface area contributed by atoms with E-state index in [1.165, 1.54) is 6.21 Å². The van der Waals surface area contributed by atoms with Gasteiger partial charge in [0.15, 0.2) is 5.78 Å². The molecule has 0 aliphatic carbocycles. The third-order valence-electron chi connectivity index (χ3n) is 1.45. The molecule has 0 bridgehead atoms. The van der Waals surface area contributed by atoms with E-state index in [1.54, 1.807) is 0 Å². The maximum Gasteiger partial charge on any atom is 0.228 e. The van der Waals surface area contributed by atoms with Gasteiger partial charge in [0, 0.05) is 6.54 Å². The van der Waals surface area contributed by atoms with Crippen molar-refractivity contribution in [2.24, 2.45) is 16.6 Å². The van der Waals surface area contributed by atoms with Crippen LogP contribution in [0.4, 0.5) is 0 Å². The van der Waals surface area contributed by atoms with Gasteiger partial charge in [0.25, 0.3) is 0 Å². The van der Waals surface area contributed by atoms with Gasteiger partial charge in [-0.1, -0.05) is 0 Å². The fourth-order valence-electron chi connectivity index (χ4n) is 0.873. The van der Waals surface area contributed by atoms with Crippen LogP contribution in [0.1, 0.15) is 6.42 Å².